The van der Waals surface area contributed by atoms with Crippen molar-refractivity contribution in [2.45, 2.75) is 25.9 Å². The third-order valence-corrected chi connectivity index (χ3v) is 4.34. The van der Waals surface area contributed by atoms with E-state index in [4.69, 9.17) is 0 Å². The first-order chi connectivity index (χ1) is 12.7. The molecule has 1 N–H and O–H groups in total. The molecule has 0 spiro atoms. The predicted octanol–water partition coefficient (Wildman–Crippen LogP) is 5.50. The van der Waals surface area contributed by atoms with Crippen LogP contribution in [0.4, 0.5) is 11.4 Å². The van der Waals surface area contributed by atoms with Gasteiger partial charge in [0, 0.05) is 16.9 Å². The summed E-state index contributed by atoms with van der Waals surface area (Å²) < 4.78 is 0. The molecule has 0 radical (unpaired) electrons. The lowest BCUT2D eigenvalue weighted by Crippen LogP contribution is -2.25. The van der Waals surface area contributed by atoms with Crippen LogP contribution >= 0.6 is 0 Å². The number of carbonyl (C=O) groups is 1. The van der Waals surface area contributed by atoms with Gasteiger partial charge in [-0.25, -0.2) is 0 Å². The van der Waals surface area contributed by atoms with Crippen molar-refractivity contribution in [3.8, 4) is 0 Å². The molecule has 0 heterocycles. The molecule has 1 amide bonds. The Hall–Kier alpha value is -2.91. The van der Waals surface area contributed by atoms with Gasteiger partial charge in [0.25, 0.3) is 5.91 Å². The van der Waals surface area contributed by atoms with Crippen LogP contribution in [0.5, 0.6) is 0 Å². The first-order valence-corrected chi connectivity index (χ1v) is 8.93. The Bertz CT molecular complexity index is 790. The van der Waals surface area contributed by atoms with Gasteiger partial charge in [-0.3, -0.25) is 9.69 Å². The molecule has 0 aliphatic rings. The zero-order valence-electron chi connectivity index (χ0n) is 14.9. The standard InChI is InChI=1S/C23H23NO2/c1-2-9-22(25)18-14-16-19(17-15-18)23(26)24(20-10-5-3-6-11-20)21-12-7-4-8-13-21/h3-8,10-17,22,25H,2,9H2,1H3. The third kappa shape index (κ3) is 4.01. The normalized spacial score (nSPS) is 11.8. The van der Waals surface area contributed by atoms with Crippen molar-refractivity contribution < 1.29 is 9.90 Å². The summed E-state index contributed by atoms with van der Waals surface area (Å²) in [6.07, 6.45) is 1.15. The van der Waals surface area contributed by atoms with E-state index >= 15 is 0 Å². The smallest absolute Gasteiger partial charge is 0.262 e. The van der Waals surface area contributed by atoms with E-state index in [1.807, 2.05) is 79.7 Å². The Morgan fingerprint density at radius 1 is 0.846 bits per heavy atom. The Labute approximate surface area is 154 Å². The van der Waals surface area contributed by atoms with Crippen LogP contribution in [0.3, 0.4) is 0 Å². The van der Waals surface area contributed by atoms with Crippen molar-refractivity contribution in [3.63, 3.8) is 0 Å². The Kier molecular flexibility index (Phi) is 5.82. The van der Waals surface area contributed by atoms with Gasteiger partial charge in [-0.1, -0.05) is 61.9 Å². The number of para-hydroxylation sites is 2. The lowest BCUT2D eigenvalue weighted by atomic mass is 10.0. The molecule has 0 saturated heterocycles. The van der Waals surface area contributed by atoms with Crippen molar-refractivity contribution in [1.82, 2.24) is 0 Å². The molecule has 0 aromatic heterocycles. The van der Waals surface area contributed by atoms with Gasteiger partial charge in [0.05, 0.1) is 6.10 Å². The van der Waals surface area contributed by atoms with Gasteiger partial charge < -0.3 is 5.11 Å². The van der Waals surface area contributed by atoms with E-state index in [-0.39, 0.29) is 5.91 Å². The fourth-order valence-corrected chi connectivity index (χ4v) is 2.95. The van der Waals surface area contributed by atoms with Gasteiger partial charge in [-0.2, -0.15) is 0 Å². The fraction of sp³-hybridized carbons (Fsp3) is 0.174. The molecule has 0 aliphatic heterocycles. The number of hydrogen-bond donors (Lipinski definition) is 1. The van der Waals surface area contributed by atoms with Gasteiger partial charge in [0.1, 0.15) is 0 Å². The molecule has 3 aromatic rings. The topological polar surface area (TPSA) is 40.5 Å². The van der Waals surface area contributed by atoms with E-state index < -0.39 is 6.10 Å². The second-order valence-corrected chi connectivity index (χ2v) is 6.24. The molecule has 1 unspecified atom stereocenters. The van der Waals surface area contributed by atoms with Gasteiger partial charge in [-0.15, -0.1) is 0 Å². The molecule has 132 valence electrons. The molecular formula is C23H23NO2. The maximum atomic E-state index is 13.2. The van der Waals surface area contributed by atoms with Gasteiger partial charge in [0.15, 0.2) is 0 Å². The van der Waals surface area contributed by atoms with Gasteiger partial charge >= 0.3 is 0 Å². The van der Waals surface area contributed by atoms with E-state index in [1.165, 1.54) is 0 Å². The molecule has 3 rings (SSSR count). The Morgan fingerprint density at radius 2 is 1.35 bits per heavy atom. The van der Waals surface area contributed by atoms with E-state index in [9.17, 15) is 9.90 Å². The number of anilines is 2. The van der Waals surface area contributed by atoms with Crippen LogP contribution in [0.15, 0.2) is 84.9 Å². The molecule has 0 fully saturated rings. The van der Waals surface area contributed by atoms with Crippen molar-refractivity contribution in [3.05, 3.63) is 96.1 Å². The predicted molar refractivity (Wildman–Crippen MR) is 106 cm³/mol. The number of hydrogen-bond acceptors (Lipinski definition) is 2. The van der Waals surface area contributed by atoms with E-state index in [0.29, 0.717) is 12.0 Å². The number of amides is 1. The van der Waals surface area contributed by atoms with Crippen molar-refractivity contribution in [1.29, 1.82) is 0 Å². The van der Waals surface area contributed by atoms with Crippen molar-refractivity contribution in [2.24, 2.45) is 0 Å². The maximum absolute atomic E-state index is 13.2. The molecular weight excluding hydrogens is 322 g/mol. The zero-order valence-corrected chi connectivity index (χ0v) is 14.9. The minimum absolute atomic E-state index is 0.0982. The quantitative estimate of drug-likeness (QED) is 0.641. The molecule has 26 heavy (non-hydrogen) atoms. The highest BCUT2D eigenvalue weighted by molar-refractivity contribution is 6.10. The average molecular weight is 345 g/mol. The van der Waals surface area contributed by atoms with Crippen molar-refractivity contribution >= 4 is 17.3 Å². The molecule has 3 heteroatoms. The largest absolute Gasteiger partial charge is 0.388 e. The van der Waals surface area contributed by atoms with Gasteiger partial charge in [0.2, 0.25) is 0 Å². The van der Waals surface area contributed by atoms with Crippen LogP contribution < -0.4 is 4.90 Å². The third-order valence-electron chi connectivity index (χ3n) is 4.34. The van der Waals surface area contributed by atoms with Crippen LogP contribution in [0, 0.1) is 0 Å². The lowest BCUT2D eigenvalue weighted by molar-refractivity contribution is 0.0999. The molecule has 0 bridgehead atoms. The summed E-state index contributed by atoms with van der Waals surface area (Å²) >= 11 is 0. The Morgan fingerprint density at radius 3 is 1.81 bits per heavy atom. The lowest BCUT2D eigenvalue weighted by Gasteiger charge is -2.23. The first kappa shape index (κ1) is 17.9. The summed E-state index contributed by atoms with van der Waals surface area (Å²) in [6, 6.07) is 26.5. The minimum atomic E-state index is -0.483. The Balaban J connectivity index is 1.93. The number of aliphatic hydroxyl groups excluding tert-OH is 1. The van der Waals surface area contributed by atoms with E-state index in [1.54, 1.807) is 17.0 Å². The number of aliphatic hydroxyl groups is 1. The summed E-state index contributed by atoms with van der Waals surface area (Å²) in [5, 5.41) is 10.1. The fourth-order valence-electron chi connectivity index (χ4n) is 2.95. The molecule has 0 aliphatic carbocycles. The minimum Gasteiger partial charge on any atom is -0.388 e. The summed E-state index contributed by atoms with van der Waals surface area (Å²) in [6.45, 7) is 2.04. The van der Waals surface area contributed by atoms with Crippen LogP contribution in [-0.4, -0.2) is 11.0 Å². The summed E-state index contributed by atoms with van der Waals surface area (Å²) in [4.78, 5) is 14.9. The summed E-state index contributed by atoms with van der Waals surface area (Å²) in [5.41, 5.74) is 3.07. The van der Waals surface area contributed by atoms with E-state index in [0.717, 1.165) is 23.4 Å². The highest BCUT2D eigenvalue weighted by Gasteiger charge is 2.19. The molecule has 1 atom stereocenters. The molecule has 3 aromatic carbocycles. The molecule has 0 saturated carbocycles. The monoisotopic (exact) mass is 345 g/mol. The van der Waals surface area contributed by atoms with E-state index in [2.05, 4.69) is 0 Å². The van der Waals surface area contributed by atoms with Gasteiger partial charge in [-0.05, 0) is 48.4 Å². The number of carbonyl (C=O) groups excluding carboxylic acids is 1. The highest BCUT2D eigenvalue weighted by atomic mass is 16.3. The van der Waals surface area contributed by atoms with Crippen LogP contribution in [0.1, 0.15) is 41.8 Å². The van der Waals surface area contributed by atoms with Crippen LogP contribution in [0.2, 0.25) is 0 Å². The van der Waals surface area contributed by atoms with Crippen LogP contribution in [-0.2, 0) is 0 Å². The first-order valence-electron chi connectivity index (χ1n) is 8.93. The maximum Gasteiger partial charge on any atom is 0.262 e. The second-order valence-electron chi connectivity index (χ2n) is 6.24. The SMILES string of the molecule is CCCC(O)c1ccc(C(=O)N(c2ccccc2)c2ccccc2)cc1. The summed E-state index contributed by atoms with van der Waals surface area (Å²) in [7, 11) is 0. The number of nitrogens with zero attached hydrogens (tertiary/aromatic N) is 1. The highest BCUT2D eigenvalue weighted by Crippen LogP contribution is 2.28. The number of benzene rings is 3. The number of rotatable bonds is 6. The zero-order chi connectivity index (χ0) is 18.4. The molecule has 3 nitrogen and oxygen atoms in total. The van der Waals surface area contributed by atoms with Crippen LogP contribution in [0.25, 0.3) is 0 Å². The summed E-state index contributed by atoms with van der Waals surface area (Å²) in [5.74, 6) is -0.0982. The second kappa shape index (κ2) is 8.45. The van der Waals surface area contributed by atoms with Crippen molar-refractivity contribution in [2.75, 3.05) is 4.90 Å². The average Bonchev–Trinajstić information content (AvgIpc) is 2.70.